The molecule has 0 bridgehead atoms. The first-order valence-electron chi connectivity index (χ1n) is 5.04. The van der Waals surface area contributed by atoms with E-state index in [1.807, 2.05) is 0 Å². The van der Waals surface area contributed by atoms with Crippen LogP contribution in [0.2, 0.25) is 0 Å². The second-order valence-electron chi connectivity index (χ2n) is 4.65. The van der Waals surface area contributed by atoms with Gasteiger partial charge in [0, 0.05) is 17.4 Å². The predicted molar refractivity (Wildman–Crippen MR) is 66.1 cm³/mol. The molecule has 1 aromatic heterocycles. The van der Waals surface area contributed by atoms with Crippen molar-refractivity contribution in [2.45, 2.75) is 34.3 Å². The first kappa shape index (κ1) is 12.3. The minimum absolute atomic E-state index is 0.0688. The summed E-state index contributed by atoms with van der Waals surface area (Å²) in [7, 11) is 1.72. The van der Waals surface area contributed by atoms with Crippen molar-refractivity contribution in [3.8, 4) is 11.8 Å². The van der Waals surface area contributed by atoms with E-state index in [0.29, 0.717) is 6.61 Å². The Labute approximate surface area is 96.5 Å². The third-order valence-corrected chi connectivity index (χ3v) is 2.98. The molecule has 0 saturated heterocycles. The highest BCUT2D eigenvalue weighted by atomic mass is 32.1. The molecule has 0 aliphatic rings. The zero-order valence-electron chi connectivity index (χ0n) is 10.1. The molecule has 0 N–H and O–H groups in total. The van der Waals surface area contributed by atoms with Crippen molar-refractivity contribution in [3.63, 3.8) is 0 Å². The van der Waals surface area contributed by atoms with Gasteiger partial charge in [-0.2, -0.15) is 0 Å². The Kier molecular flexibility index (Phi) is 3.96. The van der Waals surface area contributed by atoms with E-state index in [2.05, 4.69) is 45.6 Å². The van der Waals surface area contributed by atoms with Crippen LogP contribution < -0.4 is 0 Å². The molecule has 0 aliphatic heterocycles. The van der Waals surface area contributed by atoms with Crippen LogP contribution in [-0.2, 0) is 11.3 Å². The average molecular weight is 222 g/mol. The van der Waals surface area contributed by atoms with E-state index in [1.54, 1.807) is 18.4 Å². The quantitative estimate of drug-likeness (QED) is 0.695. The van der Waals surface area contributed by atoms with Crippen LogP contribution in [-0.4, -0.2) is 7.11 Å². The maximum Gasteiger partial charge on any atom is 0.0808 e. The Bertz CT molecular complexity index is 385. The van der Waals surface area contributed by atoms with Crippen molar-refractivity contribution < 1.29 is 4.74 Å². The molecule has 1 rings (SSSR count). The van der Waals surface area contributed by atoms with Gasteiger partial charge in [-0.1, -0.05) is 11.8 Å². The summed E-state index contributed by atoms with van der Waals surface area (Å²) in [5.74, 6) is 6.46. The van der Waals surface area contributed by atoms with Gasteiger partial charge in [0.15, 0.2) is 0 Å². The molecule has 0 aromatic carbocycles. The number of methoxy groups -OCH3 is 1. The first-order chi connectivity index (χ1) is 6.92. The number of ether oxygens (including phenoxy) is 1. The molecule has 1 heterocycles. The molecule has 1 aromatic rings. The minimum Gasteiger partial charge on any atom is -0.379 e. The maximum atomic E-state index is 5.13. The lowest BCUT2D eigenvalue weighted by Gasteiger charge is -2.06. The topological polar surface area (TPSA) is 9.23 Å². The largest absolute Gasteiger partial charge is 0.379 e. The van der Waals surface area contributed by atoms with Crippen LogP contribution in [0.1, 0.15) is 36.1 Å². The van der Waals surface area contributed by atoms with Gasteiger partial charge in [-0.05, 0) is 39.3 Å². The maximum absolute atomic E-state index is 5.13. The van der Waals surface area contributed by atoms with Gasteiger partial charge in [0.25, 0.3) is 0 Å². The van der Waals surface area contributed by atoms with Crippen molar-refractivity contribution in [1.29, 1.82) is 0 Å². The Balaban J connectivity index is 2.87. The van der Waals surface area contributed by atoms with Gasteiger partial charge in [-0.15, -0.1) is 11.3 Å². The molecule has 15 heavy (non-hydrogen) atoms. The summed E-state index contributed by atoms with van der Waals surface area (Å²) in [6, 6.07) is 2.14. The molecule has 0 saturated carbocycles. The number of rotatable bonds is 2. The molecular weight excluding hydrogens is 204 g/mol. The van der Waals surface area contributed by atoms with Crippen LogP contribution in [0, 0.1) is 24.2 Å². The van der Waals surface area contributed by atoms with Gasteiger partial charge in [-0.3, -0.25) is 0 Å². The van der Waals surface area contributed by atoms with E-state index in [0.717, 1.165) is 4.88 Å². The van der Waals surface area contributed by atoms with E-state index in [1.165, 1.54) is 10.4 Å². The van der Waals surface area contributed by atoms with Crippen LogP contribution in [0.5, 0.6) is 0 Å². The molecule has 0 atom stereocenters. The molecule has 2 heteroatoms. The second kappa shape index (κ2) is 4.83. The standard InChI is InChI=1S/C13H18OS/c1-10-8-11(6-7-13(2,3)4)15-12(10)9-14-5/h8H,9H2,1-5H3. The number of aryl methyl sites for hydroxylation is 1. The van der Waals surface area contributed by atoms with Gasteiger partial charge >= 0.3 is 0 Å². The summed E-state index contributed by atoms with van der Waals surface area (Å²) in [6.45, 7) is 9.16. The second-order valence-corrected chi connectivity index (χ2v) is 5.79. The van der Waals surface area contributed by atoms with E-state index in [9.17, 15) is 0 Å². The molecule has 1 nitrogen and oxygen atoms in total. The van der Waals surface area contributed by atoms with Crippen LogP contribution in [0.4, 0.5) is 0 Å². The highest BCUT2D eigenvalue weighted by Gasteiger charge is 2.06. The van der Waals surface area contributed by atoms with E-state index in [4.69, 9.17) is 4.74 Å². The zero-order chi connectivity index (χ0) is 11.5. The van der Waals surface area contributed by atoms with Crippen molar-refractivity contribution in [2.24, 2.45) is 5.41 Å². The Morgan fingerprint density at radius 1 is 1.40 bits per heavy atom. The Morgan fingerprint density at radius 2 is 2.07 bits per heavy atom. The predicted octanol–water partition coefficient (Wildman–Crippen LogP) is 3.60. The molecule has 0 fully saturated rings. The SMILES string of the molecule is COCc1sc(C#CC(C)(C)C)cc1C. The third kappa shape index (κ3) is 4.07. The minimum atomic E-state index is 0.0688. The smallest absolute Gasteiger partial charge is 0.0808 e. The Morgan fingerprint density at radius 3 is 2.60 bits per heavy atom. The van der Waals surface area contributed by atoms with Crippen LogP contribution in [0.3, 0.4) is 0 Å². The Hall–Kier alpha value is -0.780. The van der Waals surface area contributed by atoms with Crippen LogP contribution >= 0.6 is 11.3 Å². The van der Waals surface area contributed by atoms with Crippen LogP contribution in [0.15, 0.2) is 6.07 Å². The van der Waals surface area contributed by atoms with Crippen molar-refractivity contribution in [2.75, 3.05) is 7.11 Å². The summed E-state index contributed by atoms with van der Waals surface area (Å²) in [6.07, 6.45) is 0. The van der Waals surface area contributed by atoms with E-state index in [-0.39, 0.29) is 5.41 Å². The van der Waals surface area contributed by atoms with Gasteiger partial charge in [0.1, 0.15) is 0 Å². The van der Waals surface area contributed by atoms with Crippen molar-refractivity contribution >= 4 is 11.3 Å². The highest BCUT2D eigenvalue weighted by molar-refractivity contribution is 7.12. The van der Waals surface area contributed by atoms with E-state index < -0.39 is 0 Å². The first-order valence-corrected chi connectivity index (χ1v) is 5.85. The average Bonchev–Trinajstić information content (AvgIpc) is 2.44. The molecule has 0 amide bonds. The third-order valence-electron chi connectivity index (χ3n) is 1.86. The molecular formula is C13H18OS. The van der Waals surface area contributed by atoms with Gasteiger partial charge in [-0.25, -0.2) is 0 Å². The van der Waals surface area contributed by atoms with Crippen LogP contribution in [0.25, 0.3) is 0 Å². The molecule has 0 unspecified atom stereocenters. The summed E-state index contributed by atoms with van der Waals surface area (Å²) < 4.78 is 5.13. The lowest BCUT2D eigenvalue weighted by atomic mass is 9.98. The molecule has 0 radical (unpaired) electrons. The molecule has 82 valence electrons. The van der Waals surface area contributed by atoms with Gasteiger partial charge in [0.05, 0.1) is 11.5 Å². The van der Waals surface area contributed by atoms with Crippen molar-refractivity contribution in [1.82, 2.24) is 0 Å². The normalized spacial score (nSPS) is 11.0. The van der Waals surface area contributed by atoms with Gasteiger partial charge < -0.3 is 4.74 Å². The van der Waals surface area contributed by atoms with Gasteiger partial charge in [0.2, 0.25) is 0 Å². The number of hydrogen-bond donors (Lipinski definition) is 0. The fourth-order valence-corrected chi connectivity index (χ4v) is 2.10. The summed E-state index contributed by atoms with van der Waals surface area (Å²) >= 11 is 1.73. The lowest BCUT2D eigenvalue weighted by Crippen LogP contribution is -1.98. The summed E-state index contributed by atoms with van der Waals surface area (Å²) in [4.78, 5) is 2.41. The summed E-state index contributed by atoms with van der Waals surface area (Å²) in [5.41, 5.74) is 1.35. The van der Waals surface area contributed by atoms with E-state index >= 15 is 0 Å². The number of thiophene rings is 1. The highest BCUT2D eigenvalue weighted by Crippen LogP contribution is 2.22. The number of hydrogen-bond acceptors (Lipinski definition) is 2. The lowest BCUT2D eigenvalue weighted by molar-refractivity contribution is 0.187. The molecule has 0 aliphatic carbocycles. The fraction of sp³-hybridized carbons (Fsp3) is 0.538. The van der Waals surface area contributed by atoms with Crippen molar-refractivity contribution in [3.05, 3.63) is 21.4 Å². The zero-order valence-corrected chi connectivity index (χ0v) is 10.9. The molecule has 0 spiro atoms. The summed E-state index contributed by atoms with van der Waals surface area (Å²) in [5, 5.41) is 0. The fourth-order valence-electron chi connectivity index (χ4n) is 1.10. The monoisotopic (exact) mass is 222 g/mol.